The molecule has 8 nitrogen and oxygen atoms in total. The topological polar surface area (TPSA) is 96.8 Å². The standard InChI is InChI=1S/C24H29IN4O4/c1-3-4-18(13-30)28-23(31)17-8-10-21(27-11-17)32-14-20-22(16-6-7-16)33-24(25)29(20)19-9-5-15(2)26-12-19/h5,8-12,16,18,24,30H,3-4,6-7,13-14H2,1-2H3,(H,28,31)/t18-,24?/m0/s1. The monoisotopic (exact) mass is 564 g/mol. The molecule has 2 atom stereocenters. The molecule has 0 radical (unpaired) electrons. The second-order valence-electron chi connectivity index (χ2n) is 8.34. The number of hydrogen-bond donors (Lipinski definition) is 2. The molecule has 9 heteroatoms. The van der Waals surface area contributed by atoms with Crippen LogP contribution < -0.4 is 15.0 Å². The first-order chi connectivity index (χ1) is 16.0. The lowest BCUT2D eigenvalue weighted by Crippen LogP contribution is -2.37. The summed E-state index contributed by atoms with van der Waals surface area (Å²) < 4.78 is 12.0. The van der Waals surface area contributed by atoms with Gasteiger partial charge < -0.3 is 19.9 Å². The quantitative estimate of drug-likeness (QED) is 0.257. The zero-order chi connectivity index (χ0) is 23.4. The number of hydrogen-bond acceptors (Lipinski definition) is 7. The average molecular weight is 564 g/mol. The van der Waals surface area contributed by atoms with Crippen LogP contribution in [0.25, 0.3) is 0 Å². The van der Waals surface area contributed by atoms with E-state index in [1.54, 1.807) is 12.1 Å². The summed E-state index contributed by atoms with van der Waals surface area (Å²) in [6, 6.07) is 7.14. The summed E-state index contributed by atoms with van der Waals surface area (Å²) in [5.41, 5.74) is 3.33. The van der Waals surface area contributed by atoms with Gasteiger partial charge in [0.25, 0.3) is 5.91 Å². The number of pyridine rings is 2. The van der Waals surface area contributed by atoms with Crippen molar-refractivity contribution in [3.63, 3.8) is 0 Å². The molecule has 2 aromatic heterocycles. The third kappa shape index (κ3) is 5.75. The fourth-order valence-electron chi connectivity index (χ4n) is 3.73. The fraction of sp³-hybridized carbons (Fsp3) is 0.458. The van der Waals surface area contributed by atoms with Gasteiger partial charge in [-0.05, 0) is 67.0 Å². The molecule has 33 heavy (non-hydrogen) atoms. The predicted octanol–water partition coefficient (Wildman–Crippen LogP) is 3.93. The molecule has 176 valence electrons. The molecule has 1 amide bonds. The molecule has 1 aliphatic heterocycles. The number of aliphatic hydroxyl groups is 1. The zero-order valence-electron chi connectivity index (χ0n) is 18.8. The SMILES string of the molecule is CCC[C@@H](CO)NC(=O)c1ccc(OCC2=C(C3CC3)OC(I)N2c2ccc(C)nc2)nc1. The summed E-state index contributed by atoms with van der Waals surface area (Å²) >= 11 is 2.28. The van der Waals surface area contributed by atoms with E-state index in [1.165, 1.54) is 6.20 Å². The maximum atomic E-state index is 12.4. The van der Waals surface area contributed by atoms with Gasteiger partial charge in [0, 0.05) is 23.9 Å². The molecule has 4 rings (SSSR count). The van der Waals surface area contributed by atoms with E-state index in [9.17, 15) is 9.90 Å². The van der Waals surface area contributed by atoms with Crippen molar-refractivity contribution in [2.24, 2.45) is 5.92 Å². The average Bonchev–Trinajstić information content (AvgIpc) is 3.61. The number of aromatic nitrogens is 2. The van der Waals surface area contributed by atoms with Gasteiger partial charge in [0.15, 0.2) is 0 Å². The van der Waals surface area contributed by atoms with E-state index < -0.39 is 0 Å². The van der Waals surface area contributed by atoms with Gasteiger partial charge in [0.1, 0.15) is 12.4 Å². The number of alkyl halides is 1. The second kappa shape index (κ2) is 10.7. The largest absolute Gasteiger partial charge is 0.471 e. The molecule has 0 saturated heterocycles. The number of nitrogens with zero attached hydrogens (tertiary/aromatic N) is 3. The molecule has 0 aromatic carbocycles. The van der Waals surface area contributed by atoms with Crippen molar-refractivity contribution < 1.29 is 19.4 Å². The van der Waals surface area contributed by atoms with E-state index in [0.717, 1.165) is 48.5 Å². The Bertz CT molecular complexity index is 993. The van der Waals surface area contributed by atoms with Crippen LogP contribution >= 0.6 is 22.6 Å². The minimum Gasteiger partial charge on any atom is -0.471 e. The molecule has 0 spiro atoms. The number of halogens is 1. The van der Waals surface area contributed by atoms with Crippen molar-refractivity contribution in [3.8, 4) is 5.88 Å². The van der Waals surface area contributed by atoms with Crippen LogP contribution in [0.15, 0.2) is 48.1 Å². The van der Waals surface area contributed by atoms with Crippen molar-refractivity contribution >= 4 is 34.2 Å². The maximum absolute atomic E-state index is 12.4. The Kier molecular flexibility index (Phi) is 7.69. The summed E-state index contributed by atoms with van der Waals surface area (Å²) in [7, 11) is 0. The van der Waals surface area contributed by atoms with Gasteiger partial charge in [-0.25, -0.2) is 4.98 Å². The highest BCUT2D eigenvalue weighted by Gasteiger charge is 2.41. The third-order valence-corrected chi connectivity index (χ3v) is 6.48. The van der Waals surface area contributed by atoms with Crippen LogP contribution in [0, 0.1) is 12.8 Å². The molecule has 3 heterocycles. The van der Waals surface area contributed by atoms with Crippen molar-refractivity contribution in [1.29, 1.82) is 0 Å². The Labute approximate surface area is 207 Å². The Morgan fingerprint density at radius 2 is 2.12 bits per heavy atom. The lowest BCUT2D eigenvalue weighted by atomic mass is 10.1. The highest BCUT2D eigenvalue weighted by molar-refractivity contribution is 14.1. The predicted molar refractivity (Wildman–Crippen MR) is 133 cm³/mol. The molecular weight excluding hydrogens is 535 g/mol. The fourth-order valence-corrected chi connectivity index (χ4v) is 4.66. The number of carbonyl (C=O) groups is 1. The van der Waals surface area contributed by atoms with Gasteiger partial charge in [-0.1, -0.05) is 13.3 Å². The van der Waals surface area contributed by atoms with Crippen LogP contribution in [0.3, 0.4) is 0 Å². The first-order valence-electron chi connectivity index (χ1n) is 11.3. The molecule has 1 saturated carbocycles. The molecule has 1 aliphatic carbocycles. The van der Waals surface area contributed by atoms with E-state index in [0.29, 0.717) is 24.0 Å². The summed E-state index contributed by atoms with van der Waals surface area (Å²) in [6.45, 7) is 4.20. The van der Waals surface area contributed by atoms with Crippen LogP contribution in [-0.2, 0) is 4.74 Å². The van der Waals surface area contributed by atoms with Crippen LogP contribution in [0.4, 0.5) is 5.69 Å². The summed E-state index contributed by atoms with van der Waals surface area (Å²) in [5.74, 6) is 1.60. The Morgan fingerprint density at radius 1 is 1.30 bits per heavy atom. The van der Waals surface area contributed by atoms with Crippen LogP contribution in [0.1, 0.15) is 48.7 Å². The van der Waals surface area contributed by atoms with Gasteiger partial charge >= 0.3 is 0 Å². The minimum absolute atomic E-state index is 0.0838. The highest BCUT2D eigenvalue weighted by Crippen LogP contribution is 2.46. The Morgan fingerprint density at radius 3 is 2.73 bits per heavy atom. The molecule has 1 fully saturated rings. The number of anilines is 1. The zero-order valence-corrected chi connectivity index (χ0v) is 21.0. The van der Waals surface area contributed by atoms with Crippen molar-refractivity contribution in [1.82, 2.24) is 15.3 Å². The normalized spacial score (nSPS) is 18.8. The number of rotatable bonds is 10. The lowest BCUT2D eigenvalue weighted by Gasteiger charge is -2.23. The van der Waals surface area contributed by atoms with Crippen LogP contribution in [0.5, 0.6) is 5.88 Å². The van der Waals surface area contributed by atoms with E-state index in [1.807, 2.05) is 32.2 Å². The first kappa shape index (κ1) is 23.7. The molecule has 0 bridgehead atoms. The van der Waals surface area contributed by atoms with Gasteiger partial charge in [-0.3, -0.25) is 14.7 Å². The summed E-state index contributed by atoms with van der Waals surface area (Å²) in [5, 5.41) is 12.2. The molecule has 2 aromatic rings. The number of nitrogens with one attached hydrogen (secondary N) is 1. The van der Waals surface area contributed by atoms with Crippen LogP contribution in [-0.4, -0.2) is 44.5 Å². The van der Waals surface area contributed by atoms with E-state index in [4.69, 9.17) is 9.47 Å². The van der Waals surface area contributed by atoms with Crippen molar-refractivity contribution in [2.75, 3.05) is 18.1 Å². The second-order valence-corrected chi connectivity index (χ2v) is 9.40. The highest BCUT2D eigenvalue weighted by atomic mass is 127. The third-order valence-electron chi connectivity index (χ3n) is 5.67. The van der Waals surface area contributed by atoms with E-state index in [2.05, 4.69) is 42.8 Å². The first-order valence-corrected chi connectivity index (χ1v) is 12.5. The number of aryl methyl sites for hydroxylation is 1. The summed E-state index contributed by atoms with van der Waals surface area (Å²) in [6.07, 6.45) is 7.20. The van der Waals surface area contributed by atoms with Crippen LogP contribution in [0.2, 0.25) is 0 Å². The van der Waals surface area contributed by atoms with Crippen molar-refractivity contribution in [3.05, 3.63) is 59.4 Å². The van der Waals surface area contributed by atoms with Gasteiger partial charge in [0.05, 0.1) is 35.8 Å². The molecule has 2 aliphatic rings. The number of allylic oxidation sites excluding steroid dienone is 1. The van der Waals surface area contributed by atoms with E-state index >= 15 is 0 Å². The number of amides is 1. The molecule has 1 unspecified atom stereocenters. The maximum Gasteiger partial charge on any atom is 0.253 e. The number of aliphatic hydroxyl groups excluding tert-OH is 1. The van der Waals surface area contributed by atoms with Gasteiger partial charge in [-0.2, -0.15) is 0 Å². The van der Waals surface area contributed by atoms with Gasteiger partial charge in [-0.15, -0.1) is 0 Å². The molecule has 2 N–H and O–H groups in total. The van der Waals surface area contributed by atoms with Crippen molar-refractivity contribution in [2.45, 2.75) is 49.8 Å². The number of carbonyl (C=O) groups excluding carboxylic acids is 1. The van der Waals surface area contributed by atoms with E-state index in [-0.39, 0.29) is 22.8 Å². The van der Waals surface area contributed by atoms with Gasteiger partial charge in [0.2, 0.25) is 10.1 Å². The minimum atomic E-state index is -0.254. The Balaban J connectivity index is 1.45. The number of ether oxygens (including phenoxy) is 2. The lowest BCUT2D eigenvalue weighted by molar-refractivity contribution is 0.0912. The Hall–Kier alpha value is -2.40. The molecular formula is C24H29IN4O4. The smallest absolute Gasteiger partial charge is 0.253 e. The summed E-state index contributed by atoms with van der Waals surface area (Å²) in [4.78, 5) is 23.3.